The highest BCUT2D eigenvalue weighted by Gasteiger charge is 2.52. The molecule has 0 radical (unpaired) electrons. The highest BCUT2D eigenvalue weighted by atomic mass is 16.5. The van der Waals surface area contributed by atoms with Crippen LogP contribution in [0.1, 0.15) is 0 Å². The highest BCUT2D eigenvalue weighted by Crippen LogP contribution is 2.41. The SMILES string of the molecule is COCC(=O)N1C[C@@H]2COC[C@]2(COc2cccnc2)C1. The lowest BCUT2D eigenvalue weighted by molar-refractivity contribution is -0.135. The van der Waals surface area contributed by atoms with Crippen LogP contribution in [0.5, 0.6) is 5.75 Å². The van der Waals surface area contributed by atoms with E-state index < -0.39 is 0 Å². The molecule has 21 heavy (non-hydrogen) atoms. The van der Waals surface area contributed by atoms with E-state index in [-0.39, 0.29) is 17.9 Å². The van der Waals surface area contributed by atoms with Crippen LogP contribution in [0.25, 0.3) is 0 Å². The largest absolute Gasteiger partial charge is 0.491 e. The van der Waals surface area contributed by atoms with Gasteiger partial charge < -0.3 is 19.1 Å². The number of carbonyl (C=O) groups is 1. The summed E-state index contributed by atoms with van der Waals surface area (Å²) in [4.78, 5) is 17.9. The summed E-state index contributed by atoms with van der Waals surface area (Å²) in [6.45, 7) is 3.38. The number of nitrogens with zero attached hydrogens (tertiary/aromatic N) is 2. The van der Waals surface area contributed by atoms with Crippen LogP contribution in [0.2, 0.25) is 0 Å². The Morgan fingerprint density at radius 2 is 2.52 bits per heavy atom. The fourth-order valence-corrected chi connectivity index (χ4v) is 3.10. The molecule has 1 aromatic rings. The molecule has 1 amide bonds. The third-order valence-electron chi connectivity index (χ3n) is 4.30. The van der Waals surface area contributed by atoms with Crippen molar-refractivity contribution in [3.8, 4) is 5.75 Å². The molecular weight excluding hydrogens is 272 g/mol. The second-order valence-electron chi connectivity index (χ2n) is 5.76. The lowest BCUT2D eigenvalue weighted by Crippen LogP contribution is -2.39. The molecule has 2 atom stereocenters. The summed E-state index contributed by atoms with van der Waals surface area (Å²) in [5.41, 5.74) is -0.112. The first-order valence-electron chi connectivity index (χ1n) is 7.11. The molecule has 0 saturated carbocycles. The summed E-state index contributed by atoms with van der Waals surface area (Å²) in [7, 11) is 1.54. The van der Waals surface area contributed by atoms with Gasteiger partial charge in [-0.25, -0.2) is 0 Å². The molecule has 6 nitrogen and oxygen atoms in total. The Kier molecular flexibility index (Phi) is 4.07. The van der Waals surface area contributed by atoms with E-state index in [9.17, 15) is 4.79 Å². The summed E-state index contributed by atoms with van der Waals surface area (Å²) in [6, 6.07) is 3.73. The van der Waals surface area contributed by atoms with Crippen LogP contribution in [0.15, 0.2) is 24.5 Å². The first-order valence-corrected chi connectivity index (χ1v) is 7.11. The molecule has 0 aliphatic carbocycles. The smallest absolute Gasteiger partial charge is 0.248 e. The average Bonchev–Trinajstić information content (AvgIpc) is 3.03. The Morgan fingerprint density at radius 1 is 1.62 bits per heavy atom. The van der Waals surface area contributed by atoms with Crippen molar-refractivity contribution in [2.24, 2.45) is 11.3 Å². The molecule has 2 aliphatic rings. The van der Waals surface area contributed by atoms with E-state index >= 15 is 0 Å². The number of pyridine rings is 1. The molecule has 0 N–H and O–H groups in total. The Bertz CT molecular complexity index is 496. The number of hydrogen-bond acceptors (Lipinski definition) is 5. The van der Waals surface area contributed by atoms with E-state index in [2.05, 4.69) is 4.98 Å². The lowest BCUT2D eigenvalue weighted by atomic mass is 9.82. The van der Waals surface area contributed by atoms with Gasteiger partial charge in [-0.3, -0.25) is 9.78 Å². The molecule has 114 valence electrons. The zero-order valence-electron chi connectivity index (χ0n) is 12.2. The lowest BCUT2D eigenvalue weighted by Gasteiger charge is -2.27. The van der Waals surface area contributed by atoms with Crippen molar-refractivity contribution in [2.45, 2.75) is 0 Å². The van der Waals surface area contributed by atoms with Crippen LogP contribution in [-0.2, 0) is 14.3 Å². The normalized spacial score (nSPS) is 27.7. The molecule has 0 bridgehead atoms. The van der Waals surface area contributed by atoms with Crippen molar-refractivity contribution in [1.82, 2.24) is 9.88 Å². The molecular formula is C15H20N2O4. The van der Waals surface area contributed by atoms with Crippen molar-refractivity contribution >= 4 is 5.91 Å². The molecule has 6 heteroatoms. The Morgan fingerprint density at radius 3 is 3.29 bits per heavy atom. The Balaban J connectivity index is 1.65. The number of methoxy groups -OCH3 is 1. The quantitative estimate of drug-likeness (QED) is 0.794. The monoisotopic (exact) mass is 292 g/mol. The summed E-state index contributed by atoms with van der Waals surface area (Å²) >= 11 is 0. The molecule has 1 aromatic heterocycles. The molecule has 0 unspecified atom stereocenters. The van der Waals surface area contributed by atoms with Crippen molar-refractivity contribution in [2.75, 3.05) is 46.6 Å². The van der Waals surface area contributed by atoms with Crippen LogP contribution >= 0.6 is 0 Å². The maximum Gasteiger partial charge on any atom is 0.248 e. The first kappa shape index (κ1) is 14.3. The number of hydrogen-bond donors (Lipinski definition) is 0. The third-order valence-corrected chi connectivity index (χ3v) is 4.30. The Hall–Kier alpha value is -1.66. The molecule has 3 rings (SSSR count). The van der Waals surface area contributed by atoms with Crippen LogP contribution in [0.4, 0.5) is 0 Å². The predicted molar refractivity (Wildman–Crippen MR) is 74.9 cm³/mol. The average molecular weight is 292 g/mol. The highest BCUT2D eigenvalue weighted by molar-refractivity contribution is 5.77. The molecule has 2 aliphatic heterocycles. The van der Waals surface area contributed by atoms with E-state index in [4.69, 9.17) is 14.2 Å². The zero-order valence-corrected chi connectivity index (χ0v) is 12.2. The number of ether oxygens (including phenoxy) is 3. The van der Waals surface area contributed by atoms with Crippen LogP contribution in [0.3, 0.4) is 0 Å². The number of likely N-dealkylation sites (tertiary alicyclic amines) is 1. The molecule has 2 saturated heterocycles. The van der Waals surface area contributed by atoms with Gasteiger partial charge in [0.1, 0.15) is 12.4 Å². The van der Waals surface area contributed by atoms with Crippen LogP contribution < -0.4 is 4.74 Å². The Labute approximate surface area is 124 Å². The summed E-state index contributed by atoms with van der Waals surface area (Å²) in [5, 5.41) is 0. The minimum Gasteiger partial charge on any atom is -0.491 e. The molecule has 3 heterocycles. The van der Waals surface area contributed by atoms with Gasteiger partial charge in [0.2, 0.25) is 5.91 Å². The van der Waals surface area contributed by atoms with Gasteiger partial charge in [-0.2, -0.15) is 0 Å². The van der Waals surface area contributed by atoms with Gasteiger partial charge in [0.25, 0.3) is 0 Å². The van der Waals surface area contributed by atoms with Gasteiger partial charge in [-0.1, -0.05) is 0 Å². The molecule has 2 fully saturated rings. The fraction of sp³-hybridized carbons (Fsp3) is 0.600. The standard InChI is InChI=1S/C15H20N2O4/c1-19-8-14(18)17-6-12-7-20-10-15(12,9-17)11-21-13-3-2-4-16-5-13/h2-5,12H,6-11H2,1H3/t12-,15+/m1/s1. The number of carbonyl (C=O) groups excluding carboxylic acids is 1. The number of fused-ring (bicyclic) bond motifs is 1. The van der Waals surface area contributed by atoms with Crippen LogP contribution in [0, 0.1) is 11.3 Å². The van der Waals surface area contributed by atoms with Gasteiger partial charge in [0, 0.05) is 32.3 Å². The summed E-state index contributed by atoms with van der Waals surface area (Å²) in [6.07, 6.45) is 3.41. The summed E-state index contributed by atoms with van der Waals surface area (Å²) < 4.78 is 16.4. The second-order valence-corrected chi connectivity index (χ2v) is 5.76. The predicted octanol–water partition coefficient (Wildman–Crippen LogP) is 0.582. The molecule has 0 aromatic carbocycles. The minimum atomic E-state index is -0.112. The topological polar surface area (TPSA) is 60.9 Å². The van der Waals surface area contributed by atoms with Crippen molar-refractivity contribution in [1.29, 1.82) is 0 Å². The van der Waals surface area contributed by atoms with E-state index in [1.165, 1.54) is 0 Å². The number of aromatic nitrogens is 1. The van der Waals surface area contributed by atoms with Gasteiger partial charge in [-0.05, 0) is 12.1 Å². The van der Waals surface area contributed by atoms with Gasteiger partial charge >= 0.3 is 0 Å². The summed E-state index contributed by atoms with van der Waals surface area (Å²) in [5.74, 6) is 1.11. The first-order chi connectivity index (χ1) is 10.2. The minimum absolute atomic E-state index is 0.0349. The maximum atomic E-state index is 12.0. The zero-order chi connectivity index (χ0) is 14.7. The number of amides is 1. The maximum absolute atomic E-state index is 12.0. The van der Waals surface area contributed by atoms with Gasteiger partial charge in [0.05, 0.1) is 31.4 Å². The van der Waals surface area contributed by atoms with Gasteiger partial charge in [0.15, 0.2) is 0 Å². The van der Waals surface area contributed by atoms with E-state index in [1.807, 2.05) is 17.0 Å². The van der Waals surface area contributed by atoms with Crippen LogP contribution in [-0.4, -0.2) is 62.4 Å². The van der Waals surface area contributed by atoms with E-state index in [0.717, 1.165) is 12.3 Å². The van der Waals surface area contributed by atoms with Crippen molar-refractivity contribution in [3.63, 3.8) is 0 Å². The third kappa shape index (κ3) is 2.87. The van der Waals surface area contributed by atoms with E-state index in [1.54, 1.807) is 19.5 Å². The van der Waals surface area contributed by atoms with Crippen molar-refractivity contribution in [3.05, 3.63) is 24.5 Å². The second kappa shape index (κ2) is 5.99. The fourth-order valence-electron chi connectivity index (χ4n) is 3.10. The number of rotatable bonds is 5. The van der Waals surface area contributed by atoms with Gasteiger partial charge in [-0.15, -0.1) is 0 Å². The van der Waals surface area contributed by atoms with Crippen molar-refractivity contribution < 1.29 is 19.0 Å². The van der Waals surface area contributed by atoms with E-state index in [0.29, 0.717) is 32.3 Å². The molecule has 0 spiro atoms.